The lowest BCUT2D eigenvalue weighted by molar-refractivity contribution is 0.0394. The first-order valence-electron chi connectivity index (χ1n) is 18.7. The van der Waals surface area contributed by atoms with Gasteiger partial charge in [-0.2, -0.15) is 0 Å². The van der Waals surface area contributed by atoms with Gasteiger partial charge in [0, 0.05) is 70.5 Å². The van der Waals surface area contributed by atoms with E-state index in [2.05, 4.69) is 45.1 Å². The van der Waals surface area contributed by atoms with E-state index in [0.29, 0.717) is 30.6 Å². The Kier molecular flexibility index (Phi) is 29.3. The number of morpholine rings is 1. The van der Waals surface area contributed by atoms with E-state index in [1.807, 2.05) is 12.1 Å². The van der Waals surface area contributed by atoms with Crippen LogP contribution in [0.15, 0.2) is 113 Å². The van der Waals surface area contributed by atoms with Crippen LogP contribution in [-0.2, 0) is 50.7 Å². The number of hydrogen-bond donors (Lipinski definition) is 6. The highest BCUT2D eigenvalue weighted by atomic mass is 35.5. The number of likely N-dealkylation sites (tertiary alicyclic amines) is 1. The lowest BCUT2D eigenvalue weighted by Gasteiger charge is -2.29. The molecule has 326 valence electrons. The summed E-state index contributed by atoms with van der Waals surface area (Å²) in [6.07, 6.45) is 7.69. The highest BCUT2D eigenvalue weighted by Crippen LogP contribution is 2.13. The van der Waals surface area contributed by atoms with E-state index in [0.717, 1.165) is 95.0 Å². The monoisotopic (exact) mass is 885 g/mol. The molecule has 0 spiro atoms. The smallest absolute Gasteiger partial charge is 0.238 e. The first-order chi connectivity index (χ1) is 26.8. The zero-order valence-corrected chi connectivity index (χ0v) is 36.7. The van der Waals surface area contributed by atoms with Crippen molar-refractivity contribution in [3.63, 3.8) is 0 Å². The van der Waals surface area contributed by atoms with Crippen molar-refractivity contribution in [2.45, 2.75) is 54.7 Å². The molecule has 3 heterocycles. The van der Waals surface area contributed by atoms with Crippen molar-refractivity contribution in [1.29, 1.82) is 0 Å². The van der Waals surface area contributed by atoms with Gasteiger partial charge in [-0.1, -0.05) is 54.6 Å². The third-order valence-electron chi connectivity index (χ3n) is 8.69. The average Bonchev–Trinajstić information content (AvgIpc) is 3.21. The van der Waals surface area contributed by atoms with Crippen LogP contribution in [0.4, 0.5) is 0 Å². The molecule has 2 aliphatic heterocycles. The summed E-state index contributed by atoms with van der Waals surface area (Å²) in [6, 6.07) is 27.9. The van der Waals surface area contributed by atoms with Crippen molar-refractivity contribution in [2.24, 2.45) is 33.8 Å². The molecule has 1 aromatic heterocycles. The number of primary sulfonamides is 1. The minimum Gasteiger partial charge on any atom is -0.379 e. The Morgan fingerprint density at radius 3 is 1.59 bits per heavy atom. The zero-order chi connectivity index (χ0) is 41.2. The van der Waals surface area contributed by atoms with Crippen LogP contribution >= 0.6 is 24.8 Å². The summed E-state index contributed by atoms with van der Waals surface area (Å²) in [6.45, 7) is 10.6. The lowest BCUT2D eigenvalue weighted by Crippen LogP contribution is -2.39. The molecule has 0 aliphatic carbocycles. The molecule has 18 heteroatoms. The van der Waals surface area contributed by atoms with Crippen LogP contribution in [0.25, 0.3) is 0 Å². The molecule has 2 aliphatic rings. The number of rotatable bonds is 10. The second-order valence-corrected chi connectivity index (χ2v) is 16.8. The number of nitrogens with zero attached hydrogens (tertiary/aromatic N) is 3. The quantitative estimate of drug-likeness (QED) is 0.134. The molecule has 14 nitrogen and oxygen atoms in total. The summed E-state index contributed by atoms with van der Waals surface area (Å²) >= 11 is 0. The van der Waals surface area contributed by atoms with Gasteiger partial charge in [0.2, 0.25) is 10.0 Å². The van der Waals surface area contributed by atoms with Crippen molar-refractivity contribution < 1.29 is 21.6 Å². The molecule has 12 N–H and O–H groups in total. The zero-order valence-electron chi connectivity index (χ0n) is 33.5. The number of piperidine rings is 1. The van der Waals surface area contributed by atoms with E-state index >= 15 is 0 Å². The summed E-state index contributed by atoms with van der Waals surface area (Å²) in [5, 5.41) is 4.93. The molecule has 0 amide bonds. The van der Waals surface area contributed by atoms with Gasteiger partial charge in [-0.25, -0.2) is 22.0 Å². The van der Waals surface area contributed by atoms with Gasteiger partial charge in [-0.3, -0.25) is 14.8 Å². The van der Waals surface area contributed by atoms with E-state index in [4.69, 9.17) is 38.5 Å². The van der Waals surface area contributed by atoms with Crippen molar-refractivity contribution in [3.05, 3.63) is 126 Å². The summed E-state index contributed by atoms with van der Waals surface area (Å²) in [4.78, 5) is 9.11. The Labute approximate surface area is 358 Å². The number of sulfone groups is 1. The topological polar surface area (TPSA) is 253 Å². The number of sulfonamides is 1. The highest BCUT2D eigenvalue weighted by molar-refractivity contribution is 7.90. The van der Waals surface area contributed by atoms with Gasteiger partial charge < -0.3 is 33.4 Å². The molecule has 0 unspecified atom stereocenters. The number of aromatic nitrogens is 1. The van der Waals surface area contributed by atoms with Crippen LogP contribution in [0.3, 0.4) is 0 Å². The number of hydrogen-bond acceptors (Lipinski definition) is 13. The van der Waals surface area contributed by atoms with Gasteiger partial charge >= 0.3 is 0 Å². The molecule has 2 fully saturated rings. The fourth-order valence-electron chi connectivity index (χ4n) is 5.36. The molecule has 0 bridgehead atoms. The minimum absolute atomic E-state index is 0. The first-order valence-corrected chi connectivity index (χ1v) is 22.1. The molecule has 58 heavy (non-hydrogen) atoms. The maximum atomic E-state index is 11.0. The normalized spacial score (nSPS) is 14.5. The first kappa shape index (κ1) is 54.9. The van der Waals surface area contributed by atoms with E-state index in [9.17, 15) is 16.8 Å². The molecule has 0 saturated carbocycles. The molecule has 0 radical (unpaired) electrons. The summed E-state index contributed by atoms with van der Waals surface area (Å²) in [7, 11) is -6.63. The van der Waals surface area contributed by atoms with E-state index < -0.39 is 19.9 Å². The highest BCUT2D eigenvalue weighted by Gasteiger charge is 2.15. The van der Waals surface area contributed by atoms with Gasteiger partial charge in [-0.05, 0) is 97.5 Å². The SMILES string of the molecule is CS(=O)(=O)c1ccc(CN)cc1.Cl.Cl.NC1CCN(Cc2ccccc2)CC1.NCCN1CCOCC1.NCCc1ccc(S(N)(=O)=O)cc1.NCc1ccncc1. The Hall–Kier alpha value is -3.07. The van der Waals surface area contributed by atoms with Crippen LogP contribution in [0.1, 0.15) is 35.1 Å². The standard InChI is InChI=1S/C12H18N2.C8H12N2O2S.C8H11NO2S.C6H14N2O.C6H8N2.2ClH/c13-12-6-8-14(9-7-12)10-11-4-2-1-3-5-11;9-6-5-7-1-3-8(4-2-7)13(10,11)12;1-12(10,11)8-4-2-7(6-9)3-5-8;7-1-2-8-3-5-9-6-4-8;7-5-6-1-3-8-4-2-6;;/h1-5,12H,6-10,13H2;1-4H,5-6,9H2,(H2,10,11,12);2-5H,6,9H2,1H3;1-7H2;1-4H,5,7H2;2*1H. The largest absolute Gasteiger partial charge is 0.379 e. The van der Waals surface area contributed by atoms with Crippen LogP contribution < -0.4 is 33.8 Å². The lowest BCUT2D eigenvalue weighted by atomic mass is 10.1. The summed E-state index contributed by atoms with van der Waals surface area (Å²) in [5.74, 6) is 0. The molecular weight excluding hydrogens is 822 g/mol. The Morgan fingerprint density at radius 1 is 0.638 bits per heavy atom. The third kappa shape index (κ3) is 24.1. The molecule has 2 saturated heterocycles. The number of nitrogens with two attached hydrogens (primary N) is 6. The number of ether oxygens (including phenoxy) is 1. The van der Waals surface area contributed by atoms with Crippen molar-refractivity contribution >= 4 is 44.7 Å². The predicted molar refractivity (Wildman–Crippen MR) is 240 cm³/mol. The number of benzene rings is 3. The molecule has 0 atom stereocenters. The van der Waals surface area contributed by atoms with Crippen molar-refractivity contribution in [1.82, 2.24) is 14.8 Å². The predicted octanol–water partition coefficient (Wildman–Crippen LogP) is 2.65. The fourth-order valence-corrected chi connectivity index (χ4v) is 6.51. The van der Waals surface area contributed by atoms with Crippen molar-refractivity contribution in [2.75, 3.05) is 65.3 Å². The molecular formula is C40H65Cl2N9O5S2. The molecule has 6 rings (SSSR count). The maximum Gasteiger partial charge on any atom is 0.238 e. The van der Waals surface area contributed by atoms with Crippen LogP contribution in [-0.4, -0.2) is 103 Å². The maximum absolute atomic E-state index is 11.0. The minimum atomic E-state index is -3.57. The fraction of sp³-hybridized carbons (Fsp3) is 0.425. The van der Waals surface area contributed by atoms with E-state index in [1.165, 1.54) is 24.0 Å². The number of halogens is 2. The second-order valence-electron chi connectivity index (χ2n) is 13.2. The number of pyridine rings is 1. The van der Waals surface area contributed by atoms with Gasteiger partial charge in [0.05, 0.1) is 23.0 Å². The second kappa shape index (κ2) is 30.9. The third-order valence-corrected chi connectivity index (χ3v) is 10.7. The van der Waals surface area contributed by atoms with Crippen LogP contribution in [0.5, 0.6) is 0 Å². The van der Waals surface area contributed by atoms with Crippen molar-refractivity contribution in [3.8, 4) is 0 Å². The molecule has 4 aromatic rings. The average molecular weight is 887 g/mol. The summed E-state index contributed by atoms with van der Waals surface area (Å²) < 4.78 is 48.9. The van der Waals surface area contributed by atoms with Gasteiger partial charge in [0.15, 0.2) is 9.84 Å². The van der Waals surface area contributed by atoms with Gasteiger partial charge in [-0.15, -0.1) is 24.8 Å². The van der Waals surface area contributed by atoms with Crippen LogP contribution in [0.2, 0.25) is 0 Å². The molecule has 3 aromatic carbocycles. The Balaban J connectivity index is 0.000000704. The van der Waals surface area contributed by atoms with Gasteiger partial charge in [0.25, 0.3) is 0 Å². The van der Waals surface area contributed by atoms with E-state index in [1.54, 1.807) is 48.8 Å². The van der Waals surface area contributed by atoms with Crippen LogP contribution in [0, 0.1) is 0 Å². The van der Waals surface area contributed by atoms with Gasteiger partial charge in [0.1, 0.15) is 0 Å². The van der Waals surface area contributed by atoms with E-state index in [-0.39, 0.29) is 29.7 Å². The Morgan fingerprint density at radius 2 is 1.14 bits per heavy atom. The Bertz CT molecular complexity index is 1820. The summed E-state index contributed by atoms with van der Waals surface area (Å²) in [5.41, 5.74) is 31.7.